The minimum atomic E-state index is -1.24. The molecule has 0 spiro atoms. The zero-order valence-corrected chi connectivity index (χ0v) is 35.5. The first-order valence-electron chi connectivity index (χ1n) is 20.3. The van der Waals surface area contributed by atoms with E-state index in [1.165, 1.54) is 0 Å². The molecule has 0 aliphatic carbocycles. The summed E-state index contributed by atoms with van der Waals surface area (Å²) in [4.78, 5) is 60.3. The lowest BCUT2D eigenvalue weighted by Crippen LogP contribution is -2.48. The van der Waals surface area contributed by atoms with Gasteiger partial charge in [0.2, 0.25) is 17.8 Å². The van der Waals surface area contributed by atoms with Crippen LogP contribution in [0.2, 0.25) is 0 Å². The molecule has 3 heterocycles. The van der Waals surface area contributed by atoms with Gasteiger partial charge in [0.05, 0.1) is 65.2 Å². The van der Waals surface area contributed by atoms with Crippen molar-refractivity contribution in [3.8, 4) is 5.75 Å². The SMILES string of the molecule is CCCCCNc1nc(N)nc2ccn(Cc3ccc(CN4CCN(C(=O)CCOCCOCCOCCNC(=O)C[C@@H](SCC(N)C(=O)O)C(=O)O)CC4)cc3OC)c12. The van der Waals surface area contributed by atoms with E-state index in [0.717, 1.165) is 90.9 Å². The smallest absolute Gasteiger partial charge is 0.321 e. The second-order valence-corrected chi connectivity index (χ2v) is 15.5. The fourth-order valence-electron chi connectivity index (χ4n) is 6.45. The molecule has 2 amide bonds. The van der Waals surface area contributed by atoms with E-state index in [1.54, 1.807) is 7.11 Å². The second kappa shape index (κ2) is 25.8. The Hall–Kier alpha value is -4.73. The molecule has 0 bridgehead atoms. The number of piperazine rings is 1. The summed E-state index contributed by atoms with van der Waals surface area (Å²) in [5.74, 6) is -1.22. The number of hydrogen-bond donors (Lipinski definition) is 6. The molecule has 2 atom stereocenters. The number of aliphatic carboxylic acids is 2. The summed E-state index contributed by atoms with van der Waals surface area (Å²) in [5, 5.41) is 23.0. The number of carboxylic acid groups (broad SMARTS) is 2. The van der Waals surface area contributed by atoms with E-state index in [9.17, 15) is 24.3 Å². The molecule has 19 nitrogen and oxygen atoms in total. The molecular weight excluding hydrogens is 799 g/mol. The molecule has 1 aromatic carbocycles. The van der Waals surface area contributed by atoms with Gasteiger partial charge in [0.25, 0.3) is 0 Å². The highest BCUT2D eigenvalue weighted by Gasteiger charge is 2.25. The van der Waals surface area contributed by atoms with Gasteiger partial charge >= 0.3 is 11.9 Å². The van der Waals surface area contributed by atoms with Crippen molar-refractivity contribution < 1.29 is 48.3 Å². The molecule has 1 saturated heterocycles. The topological polar surface area (TPSA) is 259 Å². The lowest BCUT2D eigenvalue weighted by atomic mass is 10.1. The van der Waals surface area contributed by atoms with Crippen molar-refractivity contribution in [1.29, 1.82) is 0 Å². The average molecular weight is 860 g/mol. The number of hydrogen-bond acceptors (Lipinski definition) is 15. The largest absolute Gasteiger partial charge is 0.496 e. The zero-order valence-electron chi connectivity index (χ0n) is 34.6. The van der Waals surface area contributed by atoms with Crippen molar-refractivity contribution in [2.75, 3.05) is 103 Å². The number of fused-ring (bicyclic) bond motifs is 1. The van der Waals surface area contributed by atoms with E-state index in [2.05, 4.69) is 55.2 Å². The van der Waals surface area contributed by atoms with Crippen LogP contribution in [-0.2, 0) is 46.5 Å². The number of nitrogens with zero attached hydrogens (tertiary/aromatic N) is 5. The maximum Gasteiger partial charge on any atom is 0.321 e. The number of amides is 2. The highest BCUT2D eigenvalue weighted by molar-refractivity contribution is 8.00. The summed E-state index contributed by atoms with van der Waals surface area (Å²) in [6.45, 7) is 9.11. The number of benzene rings is 1. The van der Waals surface area contributed by atoms with Gasteiger partial charge in [-0.15, -0.1) is 11.8 Å². The molecule has 1 aliphatic rings. The predicted molar refractivity (Wildman–Crippen MR) is 228 cm³/mol. The van der Waals surface area contributed by atoms with Gasteiger partial charge in [0.1, 0.15) is 22.6 Å². The van der Waals surface area contributed by atoms with E-state index in [0.29, 0.717) is 52.5 Å². The Labute approximate surface area is 354 Å². The molecule has 2 aromatic heterocycles. The van der Waals surface area contributed by atoms with E-state index < -0.39 is 29.1 Å². The van der Waals surface area contributed by atoms with Crippen molar-refractivity contribution in [3.05, 3.63) is 41.6 Å². The monoisotopic (exact) mass is 859 g/mol. The fourth-order valence-corrected chi connectivity index (χ4v) is 7.44. The molecular formula is C40H61N9O10S. The number of nitrogen functional groups attached to an aromatic ring is 1. The van der Waals surface area contributed by atoms with Gasteiger partial charge in [0.15, 0.2) is 5.82 Å². The molecule has 3 aromatic rings. The second-order valence-electron chi connectivity index (χ2n) is 14.3. The van der Waals surface area contributed by atoms with Crippen LogP contribution in [0.4, 0.5) is 11.8 Å². The van der Waals surface area contributed by atoms with E-state index >= 15 is 0 Å². The lowest BCUT2D eigenvalue weighted by molar-refractivity contribution is -0.139. The molecule has 1 aliphatic heterocycles. The Bertz CT molecular complexity index is 1830. The van der Waals surface area contributed by atoms with Gasteiger partial charge < -0.3 is 60.7 Å². The molecule has 1 unspecified atom stereocenters. The lowest BCUT2D eigenvalue weighted by Gasteiger charge is -2.35. The molecule has 332 valence electrons. The van der Waals surface area contributed by atoms with E-state index in [4.69, 9.17) is 35.5 Å². The number of thioether (sulfide) groups is 1. The van der Waals surface area contributed by atoms with Crippen molar-refractivity contribution in [2.24, 2.45) is 5.73 Å². The van der Waals surface area contributed by atoms with Crippen molar-refractivity contribution >= 4 is 58.3 Å². The summed E-state index contributed by atoms with van der Waals surface area (Å²) < 4.78 is 24.5. The van der Waals surface area contributed by atoms with Gasteiger partial charge in [-0.25, -0.2) is 4.98 Å². The maximum atomic E-state index is 12.8. The molecule has 1 fully saturated rings. The molecule has 4 rings (SSSR count). The van der Waals surface area contributed by atoms with E-state index in [1.807, 2.05) is 17.2 Å². The van der Waals surface area contributed by atoms with Gasteiger partial charge in [0, 0.05) is 69.7 Å². The first-order chi connectivity index (χ1) is 29.0. The van der Waals surface area contributed by atoms with E-state index in [-0.39, 0.29) is 43.8 Å². The number of anilines is 2. The third-order valence-electron chi connectivity index (χ3n) is 9.74. The van der Waals surface area contributed by atoms with Crippen LogP contribution in [0, 0.1) is 0 Å². The summed E-state index contributed by atoms with van der Waals surface area (Å²) in [7, 11) is 1.69. The Morgan fingerprint density at radius 3 is 2.30 bits per heavy atom. The number of carboxylic acids is 2. The number of carbonyl (C=O) groups excluding carboxylic acids is 2. The standard InChI is InChI=1S/C40H61N9O10S/c1-3-4-5-10-44-37-36-31(45-40(42)46-37)8-12-49(36)26-29-7-6-28(23-32(29)56-2)25-47-13-15-48(16-14-47)35(51)9-17-57-19-21-59-22-20-58-18-11-43-34(50)24-33(39(54)55)60-27-30(41)38(52)53/h6-8,12,23,30,33H,3-5,9-11,13-22,24-27,41H2,1-2H3,(H,43,50)(H,52,53)(H,54,55)(H3,42,44,45,46)/t30?,33-/m1/s1. The van der Waals surface area contributed by atoms with Crippen LogP contribution in [0.3, 0.4) is 0 Å². The number of rotatable bonds is 29. The fraction of sp³-hybridized carbons (Fsp3) is 0.600. The predicted octanol–water partition coefficient (Wildman–Crippen LogP) is 1.86. The summed E-state index contributed by atoms with van der Waals surface area (Å²) in [6.07, 6.45) is 5.31. The Morgan fingerprint density at radius 2 is 1.62 bits per heavy atom. The van der Waals surface area contributed by atoms with Crippen molar-refractivity contribution in [3.63, 3.8) is 0 Å². The number of aromatic nitrogens is 3. The zero-order chi connectivity index (χ0) is 43.3. The number of methoxy groups -OCH3 is 1. The number of ether oxygens (including phenoxy) is 4. The summed E-state index contributed by atoms with van der Waals surface area (Å²) >= 11 is 0.812. The van der Waals surface area contributed by atoms with Crippen LogP contribution in [0.5, 0.6) is 5.75 Å². The van der Waals surface area contributed by atoms with Crippen LogP contribution in [0.15, 0.2) is 30.5 Å². The highest BCUT2D eigenvalue weighted by Crippen LogP contribution is 2.28. The highest BCUT2D eigenvalue weighted by atomic mass is 32.2. The third kappa shape index (κ3) is 16.0. The van der Waals surface area contributed by atoms with Crippen LogP contribution >= 0.6 is 11.8 Å². The minimum absolute atomic E-state index is 0.0617. The van der Waals surface area contributed by atoms with Gasteiger partial charge in [-0.1, -0.05) is 31.9 Å². The number of carbonyl (C=O) groups is 4. The first-order valence-corrected chi connectivity index (χ1v) is 21.4. The number of nitrogens with two attached hydrogens (primary N) is 2. The van der Waals surface area contributed by atoms with Gasteiger partial charge in [-0.05, 0) is 24.1 Å². The Kier molecular flexibility index (Phi) is 20.6. The molecule has 20 heteroatoms. The average Bonchev–Trinajstić information content (AvgIpc) is 3.63. The number of nitrogens with one attached hydrogen (secondary N) is 2. The third-order valence-corrected chi connectivity index (χ3v) is 11.1. The maximum absolute atomic E-state index is 12.8. The minimum Gasteiger partial charge on any atom is -0.496 e. The quantitative estimate of drug-likeness (QED) is 0.0545. The van der Waals surface area contributed by atoms with Crippen LogP contribution in [0.25, 0.3) is 11.0 Å². The number of unbranched alkanes of at least 4 members (excludes halogenated alkanes) is 2. The summed E-state index contributed by atoms with van der Waals surface area (Å²) in [6, 6.07) is 7.07. The van der Waals surface area contributed by atoms with Gasteiger partial charge in [-0.3, -0.25) is 24.1 Å². The summed E-state index contributed by atoms with van der Waals surface area (Å²) in [5.41, 5.74) is 15.3. The van der Waals surface area contributed by atoms with Crippen LogP contribution < -0.4 is 26.8 Å². The van der Waals surface area contributed by atoms with Crippen molar-refractivity contribution in [1.82, 2.24) is 29.7 Å². The molecule has 0 saturated carbocycles. The molecule has 8 N–H and O–H groups in total. The Balaban J connectivity index is 1.06. The van der Waals surface area contributed by atoms with Gasteiger partial charge in [-0.2, -0.15) is 4.98 Å². The first kappa shape index (κ1) is 47.9. The normalized spacial score (nSPS) is 14.2. The van der Waals surface area contributed by atoms with Crippen molar-refractivity contribution in [2.45, 2.75) is 63.4 Å². The molecule has 0 radical (unpaired) electrons. The van der Waals surface area contributed by atoms with Crippen LogP contribution in [-0.4, -0.2) is 161 Å². The molecule has 60 heavy (non-hydrogen) atoms. The van der Waals surface area contributed by atoms with Crippen LogP contribution in [0.1, 0.15) is 50.2 Å². The Morgan fingerprint density at radius 1 is 0.900 bits per heavy atom.